The molecule has 4 nitrogen and oxygen atoms in total. The van der Waals surface area contributed by atoms with Crippen LogP contribution in [0.2, 0.25) is 0 Å². The summed E-state index contributed by atoms with van der Waals surface area (Å²) in [5.41, 5.74) is 1.83. The Morgan fingerprint density at radius 3 is 2.52 bits per heavy atom. The molecule has 0 saturated carbocycles. The second-order valence-electron chi connectivity index (χ2n) is 7.43. The molecule has 1 amide bonds. The summed E-state index contributed by atoms with van der Waals surface area (Å²) < 4.78 is 20.0. The Balaban J connectivity index is 1.57. The van der Waals surface area contributed by atoms with Gasteiger partial charge in [0.15, 0.2) is 0 Å². The maximum Gasteiger partial charge on any atom is 0.238 e. The number of anilines is 1. The lowest BCUT2D eigenvalue weighted by Gasteiger charge is -2.38. The Labute approximate surface area is 159 Å². The van der Waals surface area contributed by atoms with Gasteiger partial charge in [-0.2, -0.15) is 0 Å². The van der Waals surface area contributed by atoms with Crippen LogP contribution in [-0.2, 0) is 21.5 Å². The maximum atomic E-state index is 14.8. The Kier molecular flexibility index (Phi) is 4.98. The number of ether oxygens (including phenoxy) is 1. The van der Waals surface area contributed by atoms with Crippen molar-refractivity contribution in [2.75, 3.05) is 38.3 Å². The molecule has 2 heterocycles. The Bertz CT molecular complexity index is 816. The highest BCUT2D eigenvalue weighted by Gasteiger charge is 2.53. The Morgan fingerprint density at radius 1 is 1.07 bits per heavy atom. The molecular weight excluding hydrogens is 343 g/mol. The molecule has 0 unspecified atom stereocenters. The van der Waals surface area contributed by atoms with E-state index in [1.54, 1.807) is 18.1 Å². The molecular formula is C22H25FN2O2. The maximum absolute atomic E-state index is 14.8. The predicted molar refractivity (Wildman–Crippen MR) is 103 cm³/mol. The van der Waals surface area contributed by atoms with Crippen molar-refractivity contribution in [3.05, 3.63) is 65.5 Å². The summed E-state index contributed by atoms with van der Waals surface area (Å²) >= 11 is 0. The predicted octanol–water partition coefficient (Wildman–Crippen LogP) is 3.35. The summed E-state index contributed by atoms with van der Waals surface area (Å²) in [7, 11) is 1.62. The van der Waals surface area contributed by atoms with Gasteiger partial charge in [0, 0.05) is 25.8 Å². The first-order valence-electron chi connectivity index (χ1n) is 9.52. The number of methoxy groups -OCH3 is 1. The molecule has 2 aromatic rings. The number of benzene rings is 2. The van der Waals surface area contributed by atoms with Crippen LogP contribution in [0.1, 0.15) is 24.0 Å². The lowest BCUT2D eigenvalue weighted by molar-refractivity contribution is -0.125. The minimum atomic E-state index is -0.735. The fourth-order valence-electron chi connectivity index (χ4n) is 4.49. The van der Waals surface area contributed by atoms with Gasteiger partial charge in [0.25, 0.3) is 0 Å². The van der Waals surface area contributed by atoms with E-state index in [0.29, 0.717) is 37.2 Å². The van der Waals surface area contributed by atoms with Gasteiger partial charge < -0.3 is 9.64 Å². The summed E-state index contributed by atoms with van der Waals surface area (Å²) in [4.78, 5) is 17.4. The number of amides is 1. The number of carbonyl (C=O) groups excluding carboxylic acids is 1. The van der Waals surface area contributed by atoms with Gasteiger partial charge in [0.05, 0.1) is 17.7 Å². The molecule has 0 bridgehead atoms. The molecule has 0 radical (unpaired) electrons. The molecule has 1 fully saturated rings. The highest BCUT2D eigenvalue weighted by molar-refractivity contribution is 6.08. The van der Waals surface area contributed by atoms with E-state index in [-0.39, 0.29) is 11.7 Å². The molecule has 0 atom stereocenters. The first-order chi connectivity index (χ1) is 13.2. The summed E-state index contributed by atoms with van der Waals surface area (Å²) in [6.07, 6.45) is 1.30. The molecule has 2 aliphatic rings. The largest absolute Gasteiger partial charge is 0.383 e. The van der Waals surface area contributed by atoms with E-state index < -0.39 is 5.41 Å². The standard InChI is InChI=1S/C22H25FN2O2/c1-27-15-14-25-19-9-5-8-18(23)20(19)22(21(25)26)10-12-24(13-11-22)16-17-6-3-2-4-7-17/h2-9H,10-16H2,1H3. The third-order valence-corrected chi connectivity index (χ3v) is 5.89. The smallest absolute Gasteiger partial charge is 0.238 e. The zero-order valence-corrected chi connectivity index (χ0v) is 15.7. The molecule has 0 aliphatic carbocycles. The first-order valence-corrected chi connectivity index (χ1v) is 9.52. The van der Waals surface area contributed by atoms with Gasteiger partial charge >= 0.3 is 0 Å². The summed E-state index contributed by atoms with van der Waals surface area (Å²) in [5, 5.41) is 0. The lowest BCUT2D eigenvalue weighted by Crippen LogP contribution is -2.49. The van der Waals surface area contributed by atoms with E-state index >= 15 is 0 Å². The topological polar surface area (TPSA) is 32.8 Å². The normalized spacial score (nSPS) is 18.9. The molecule has 1 spiro atoms. The average Bonchev–Trinajstić information content (AvgIpc) is 2.92. The Hall–Kier alpha value is -2.24. The number of piperidine rings is 1. The highest BCUT2D eigenvalue weighted by atomic mass is 19.1. The number of fused-ring (bicyclic) bond motifs is 2. The monoisotopic (exact) mass is 368 g/mol. The molecule has 2 aromatic carbocycles. The average molecular weight is 368 g/mol. The van der Waals surface area contributed by atoms with Crippen LogP contribution in [-0.4, -0.2) is 44.2 Å². The summed E-state index contributed by atoms with van der Waals surface area (Å²) in [6.45, 7) is 3.33. The van der Waals surface area contributed by atoms with Gasteiger partial charge in [-0.3, -0.25) is 9.69 Å². The van der Waals surface area contributed by atoms with E-state index in [2.05, 4.69) is 17.0 Å². The molecule has 27 heavy (non-hydrogen) atoms. The quantitative estimate of drug-likeness (QED) is 0.811. The van der Waals surface area contributed by atoms with E-state index in [1.807, 2.05) is 24.3 Å². The van der Waals surface area contributed by atoms with Crippen LogP contribution in [0.25, 0.3) is 0 Å². The molecule has 0 aromatic heterocycles. The van der Waals surface area contributed by atoms with Gasteiger partial charge in [0.1, 0.15) is 5.82 Å². The number of hydrogen-bond acceptors (Lipinski definition) is 3. The van der Waals surface area contributed by atoms with Crippen LogP contribution in [0.5, 0.6) is 0 Å². The van der Waals surface area contributed by atoms with Crippen molar-refractivity contribution in [3.63, 3.8) is 0 Å². The van der Waals surface area contributed by atoms with E-state index in [1.165, 1.54) is 11.6 Å². The van der Waals surface area contributed by atoms with Crippen molar-refractivity contribution in [1.82, 2.24) is 4.90 Å². The molecule has 1 saturated heterocycles. The van der Waals surface area contributed by atoms with Gasteiger partial charge in [-0.15, -0.1) is 0 Å². The van der Waals surface area contributed by atoms with Crippen LogP contribution < -0.4 is 4.90 Å². The van der Waals surface area contributed by atoms with Gasteiger partial charge in [0.2, 0.25) is 5.91 Å². The van der Waals surface area contributed by atoms with Crippen LogP contribution in [0.4, 0.5) is 10.1 Å². The summed E-state index contributed by atoms with van der Waals surface area (Å²) in [5.74, 6) is -0.240. The van der Waals surface area contributed by atoms with Crippen LogP contribution in [0.3, 0.4) is 0 Å². The second-order valence-corrected chi connectivity index (χ2v) is 7.43. The Morgan fingerprint density at radius 2 is 1.81 bits per heavy atom. The highest BCUT2D eigenvalue weighted by Crippen LogP contribution is 2.49. The molecule has 2 aliphatic heterocycles. The van der Waals surface area contributed by atoms with Crippen molar-refractivity contribution < 1.29 is 13.9 Å². The van der Waals surface area contributed by atoms with E-state index in [9.17, 15) is 9.18 Å². The minimum absolute atomic E-state index is 0.0269. The van der Waals surface area contributed by atoms with Crippen molar-refractivity contribution in [2.45, 2.75) is 24.8 Å². The van der Waals surface area contributed by atoms with Gasteiger partial charge in [-0.05, 0) is 43.6 Å². The van der Waals surface area contributed by atoms with Crippen molar-refractivity contribution in [2.24, 2.45) is 0 Å². The lowest BCUT2D eigenvalue weighted by atomic mass is 9.73. The molecule has 5 heteroatoms. The number of hydrogen-bond donors (Lipinski definition) is 0. The van der Waals surface area contributed by atoms with E-state index in [0.717, 1.165) is 19.6 Å². The fourth-order valence-corrected chi connectivity index (χ4v) is 4.49. The van der Waals surface area contributed by atoms with E-state index in [4.69, 9.17) is 4.74 Å². The van der Waals surface area contributed by atoms with Gasteiger partial charge in [-0.25, -0.2) is 4.39 Å². The van der Waals surface area contributed by atoms with Crippen molar-refractivity contribution >= 4 is 11.6 Å². The number of likely N-dealkylation sites (tertiary alicyclic amines) is 1. The third-order valence-electron chi connectivity index (χ3n) is 5.89. The van der Waals surface area contributed by atoms with Crippen LogP contribution >= 0.6 is 0 Å². The van der Waals surface area contributed by atoms with Crippen LogP contribution in [0.15, 0.2) is 48.5 Å². The number of rotatable bonds is 5. The SMILES string of the molecule is COCCN1C(=O)C2(CCN(Cc3ccccc3)CC2)c2c(F)cccc21. The molecule has 4 rings (SSSR count). The molecule has 142 valence electrons. The third kappa shape index (κ3) is 3.15. The number of carbonyl (C=O) groups is 1. The zero-order valence-electron chi connectivity index (χ0n) is 15.7. The zero-order chi connectivity index (χ0) is 18.9. The van der Waals surface area contributed by atoms with Crippen molar-refractivity contribution in [1.29, 1.82) is 0 Å². The number of nitrogens with zero attached hydrogens (tertiary/aromatic N) is 2. The minimum Gasteiger partial charge on any atom is -0.383 e. The van der Waals surface area contributed by atoms with Gasteiger partial charge in [-0.1, -0.05) is 36.4 Å². The fraction of sp³-hybridized carbons (Fsp3) is 0.409. The van der Waals surface area contributed by atoms with Crippen molar-refractivity contribution in [3.8, 4) is 0 Å². The van der Waals surface area contributed by atoms with Crippen LogP contribution in [0, 0.1) is 5.82 Å². The number of halogens is 1. The first kappa shape index (κ1) is 18.1. The molecule has 0 N–H and O–H groups in total. The second kappa shape index (κ2) is 7.41. The summed E-state index contributed by atoms with van der Waals surface area (Å²) in [6, 6.07) is 15.4.